The van der Waals surface area contributed by atoms with Gasteiger partial charge in [0.2, 0.25) is 11.9 Å². The van der Waals surface area contributed by atoms with Crippen molar-refractivity contribution < 1.29 is 9.59 Å². The highest BCUT2D eigenvalue weighted by Gasteiger charge is 2.26. The lowest BCUT2D eigenvalue weighted by atomic mass is 9.94. The fourth-order valence-electron chi connectivity index (χ4n) is 4.74. The van der Waals surface area contributed by atoms with Gasteiger partial charge >= 0.3 is 0 Å². The smallest absolute Gasteiger partial charge is 0.227 e. The van der Waals surface area contributed by atoms with Gasteiger partial charge in [0.15, 0.2) is 5.65 Å². The summed E-state index contributed by atoms with van der Waals surface area (Å²) in [5, 5.41) is 9.20. The van der Waals surface area contributed by atoms with Crippen molar-refractivity contribution in [2.75, 3.05) is 23.3 Å². The Bertz CT molecular complexity index is 1160. The maximum absolute atomic E-state index is 12.1. The highest BCUT2D eigenvalue weighted by atomic mass is 16.2. The van der Waals surface area contributed by atoms with E-state index < -0.39 is 0 Å². The van der Waals surface area contributed by atoms with Gasteiger partial charge in [-0.2, -0.15) is 10.1 Å². The van der Waals surface area contributed by atoms with E-state index in [9.17, 15) is 9.59 Å². The van der Waals surface area contributed by atoms with E-state index >= 15 is 0 Å². The molecule has 172 valence electrons. The van der Waals surface area contributed by atoms with Crippen LogP contribution in [0, 0.1) is 0 Å². The molecule has 3 heterocycles. The molecule has 2 aromatic heterocycles. The van der Waals surface area contributed by atoms with Gasteiger partial charge in [0.05, 0.1) is 11.4 Å². The first kappa shape index (κ1) is 21.6. The number of anilines is 2. The topological polar surface area (TPSA) is 93.0 Å². The Morgan fingerprint density at radius 3 is 2.58 bits per heavy atom. The number of carbonyl (C=O) groups excluding carboxylic acids is 2. The number of fused-ring (bicyclic) bond motifs is 1. The molecule has 1 aliphatic carbocycles. The molecule has 0 spiro atoms. The molecule has 1 saturated carbocycles. The lowest BCUT2D eigenvalue weighted by molar-refractivity contribution is -0.121. The summed E-state index contributed by atoms with van der Waals surface area (Å²) in [6, 6.07) is 8.17. The summed E-state index contributed by atoms with van der Waals surface area (Å²) in [4.78, 5) is 35.1. The maximum Gasteiger partial charge on any atom is 0.227 e. The van der Waals surface area contributed by atoms with Gasteiger partial charge in [-0.1, -0.05) is 25.5 Å². The largest absolute Gasteiger partial charge is 0.354 e. The van der Waals surface area contributed by atoms with Crippen molar-refractivity contribution in [2.24, 2.45) is 0 Å². The molecule has 8 nitrogen and oxygen atoms in total. The number of rotatable bonds is 7. The number of amides is 1. The zero-order chi connectivity index (χ0) is 22.8. The first-order chi connectivity index (χ1) is 16.1. The number of benzene rings is 1. The van der Waals surface area contributed by atoms with Crippen LogP contribution in [0.3, 0.4) is 0 Å². The third-order valence-electron chi connectivity index (χ3n) is 6.65. The Hall–Kier alpha value is -3.29. The molecule has 5 rings (SSSR count). The van der Waals surface area contributed by atoms with Gasteiger partial charge in [-0.05, 0) is 37.8 Å². The third kappa shape index (κ3) is 4.34. The van der Waals surface area contributed by atoms with Crippen molar-refractivity contribution in [3.8, 4) is 11.3 Å². The summed E-state index contributed by atoms with van der Waals surface area (Å²) in [5.74, 6) is 1.12. The quantitative estimate of drug-likeness (QED) is 0.537. The Balaban J connectivity index is 1.51. The maximum atomic E-state index is 12.1. The molecule has 1 amide bonds. The second kappa shape index (κ2) is 9.29. The van der Waals surface area contributed by atoms with E-state index in [-0.39, 0.29) is 11.9 Å². The van der Waals surface area contributed by atoms with Crippen LogP contribution in [0.1, 0.15) is 64.3 Å². The van der Waals surface area contributed by atoms with Gasteiger partial charge in [-0.15, -0.1) is 0 Å². The molecule has 0 radical (unpaired) electrons. The molecule has 0 unspecified atom stereocenters. The summed E-state index contributed by atoms with van der Waals surface area (Å²) in [5.41, 5.74) is 3.53. The average molecular weight is 447 g/mol. The molecular weight excluding hydrogens is 416 g/mol. The van der Waals surface area contributed by atoms with Crippen molar-refractivity contribution in [1.82, 2.24) is 19.7 Å². The highest BCUT2D eigenvalue weighted by molar-refractivity contribution is 5.96. The Morgan fingerprint density at radius 2 is 1.88 bits per heavy atom. The molecule has 2 fully saturated rings. The predicted molar refractivity (Wildman–Crippen MR) is 128 cm³/mol. The SMILES string of the molecule is CCCCNc1ncc2c(-c3ccc(N4CCCC4=O)cc3)nn(C3CCC(=O)CC3)c2n1. The molecule has 1 N–H and O–H groups in total. The summed E-state index contributed by atoms with van der Waals surface area (Å²) in [6.07, 6.45) is 8.29. The summed E-state index contributed by atoms with van der Waals surface area (Å²) in [6.45, 7) is 3.76. The van der Waals surface area contributed by atoms with Gasteiger partial charge in [0.1, 0.15) is 11.5 Å². The van der Waals surface area contributed by atoms with Crippen molar-refractivity contribution in [2.45, 2.75) is 64.3 Å². The fraction of sp³-hybridized carbons (Fsp3) is 0.480. The van der Waals surface area contributed by atoms with Crippen molar-refractivity contribution >= 4 is 34.4 Å². The molecule has 0 atom stereocenters. The van der Waals surface area contributed by atoms with Crippen molar-refractivity contribution in [3.05, 3.63) is 30.5 Å². The number of aromatic nitrogens is 4. The number of carbonyl (C=O) groups is 2. The summed E-state index contributed by atoms with van der Waals surface area (Å²) < 4.78 is 2.00. The number of ketones is 1. The first-order valence-corrected chi connectivity index (χ1v) is 12.1. The second-order valence-electron chi connectivity index (χ2n) is 8.97. The van der Waals surface area contributed by atoms with Gasteiger partial charge in [0.25, 0.3) is 0 Å². The number of Topliss-reactive ketones (excluding diaryl/α,β-unsaturated/α-hetero) is 1. The molecule has 33 heavy (non-hydrogen) atoms. The third-order valence-corrected chi connectivity index (χ3v) is 6.65. The van der Waals surface area contributed by atoms with Gasteiger partial charge in [-0.25, -0.2) is 9.67 Å². The van der Waals surface area contributed by atoms with Crippen LogP contribution in [0.2, 0.25) is 0 Å². The molecule has 1 saturated heterocycles. The monoisotopic (exact) mass is 446 g/mol. The first-order valence-electron chi connectivity index (χ1n) is 12.1. The Kier molecular flexibility index (Phi) is 6.07. The van der Waals surface area contributed by atoms with E-state index in [1.165, 1.54) is 0 Å². The number of nitrogens with one attached hydrogen (secondary N) is 1. The molecule has 0 bridgehead atoms. The average Bonchev–Trinajstić information content (AvgIpc) is 3.43. The van der Waals surface area contributed by atoms with Crippen LogP contribution < -0.4 is 10.2 Å². The normalized spacial score (nSPS) is 17.3. The molecule has 1 aromatic carbocycles. The van der Waals surface area contributed by atoms with Gasteiger partial charge < -0.3 is 10.2 Å². The molecule has 3 aromatic rings. The van der Waals surface area contributed by atoms with E-state index in [2.05, 4.69) is 17.2 Å². The molecule has 8 heteroatoms. The van der Waals surface area contributed by atoms with E-state index in [1.54, 1.807) is 0 Å². The minimum Gasteiger partial charge on any atom is -0.354 e. The van der Waals surface area contributed by atoms with E-state index in [1.807, 2.05) is 40.0 Å². The zero-order valence-corrected chi connectivity index (χ0v) is 19.1. The Morgan fingerprint density at radius 1 is 1.09 bits per heavy atom. The molecular formula is C25H30N6O2. The minimum absolute atomic E-state index is 0.152. The minimum atomic E-state index is 0.152. The summed E-state index contributed by atoms with van der Waals surface area (Å²) >= 11 is 0. The van der Waals surface area contributed by atoms with E-state index in [0.29, 0.717) is 31.0 Å². The van der Waals surface area contributed by atoms with Crippen LogP contribution in [0.4, 0.5) is 11.6 Å². The lowest BCUT2D eigenvalue weighted by Gasteiger charge is -2.21. The second-order valence-corrected chi connectivity index (χ2v) is 8.97. The van der Waals surface area contributed by atoms with Crippen molar-refractivity contribution in [1.29, 1.82) is 0 Å². The van der Waals surface area contributed by atoms with E-state index in [0.717, 1.165) is 73.2 Å². The number of nitrogens with zero attached hydrogens (tertiary/aromatic N) is 5. The fourth-order valence-corrected chi connectivity index (χ4v) is 4.74. The number of hydrogen-bond acceptors (Lipinski definition) is 6. The van der Waals surface area contributed by atoms with Crippen LogP contribution in [-0.2, 0) is 9.59 Å². The number of unbranched alkanes of at least 4 members (excludes halogenated alkanes) is 1. The van der Waals surface area contributed by atoms with Gasteiger partial charge in [0, 0.05) is 49.8 Å². The van der Waals surface area contributed by atoms with Crippen LogP contribution in [0.25, 0.3) is 22.3 Å². The van der Waals surface area contributed by atoms with Crippen LogP contribution in [0.15, 0.2) is 30.5 Å². The zero-order valence-electron chi connectivity index (χ0n) is 19.1. The Labute approximate surface area is 193 Å². The number of hydrogen-bond donors (Lipinski definition) is 1. The molecule has 2 aliphatic rings. The lowest BCUT2D eigenvalue weighted by Crippen LogP contribution is -2.23. The standard InChI is InChI=1S/C25H30N6O2/c1-2-3-14-26-25-27-16-21-23(17-6-8-18(9-7-17)30-15-4-5-22(30)33)29-31(24(21)28-25)19-10-12-20(32)13-11-19/h6-9,16,19H,2-5,10-15H2,1H3,(H,26,27,28). The predicted octanol–water partition coefficient (Wildman–Crippen LogP) is 4.52. The summed E-state index contributed by atoms with van der Waals surface area (Å²) in [7, 11) is 0. The van der Waals surface area contributed by atoms with Crippen LogP contribution in [-0.4, -0.2) is 44.5 Å². The molecule has 1 aliphatic heterocycles. The van der Waals surface area contributed by atoms with Crippen LogP contribution >= 0.6 is 0 Å². The van der Waals surface area contributed by atoms with Gasteiger partial charge in [-0.3, -0.25) is 9.59 Å². The van der Waals surface area contributed by atoms with Crippen LogP contribution in [0.5, 0.6) is 0 Å². The van der Waals surface area contributed by atoms with E-state index in [4.69, 9.17) is 10.1 Å². The van der Waals surface area contributed by atoms with Crippen molar-refractivity contribution in [3.63, 3.8) is 0 Å². The highest BCUT2D eigenvalue weighted by Crippen LogP contribution is 2.34.